The van der Waals surface area contributed by atoms with Crippen molar-refractivity contribution in [3.63, 3.8) is 0 Å². The zero-order valence-electron chi connectivity index (χ0n) is 11.2. The molecule has 0 amide bonds. The van der Waals surface area contributed by atoms with Crippen molar-refractivity contribution >= 4 is 11.6 Å². The first-order valence-corrected chi connectivity index (χ1v) is 7.37. The quantitative estimate of drug-likeness (QED) is 0.939. The van der Waals surface area contributed by atoms with E-state index in [-0.39, 0.29) is 0 Å². The van der Waals surface area contributed by atoms with Crippen LogP contribution in [0, 0.1) is 0 Å². The lowest BCUT2D eigenvalue weighted by molar-refractivity contribution is 0.342. The first-order chi connectivity index (χ1) is 9.83. The van der Waals surface area contributed by atoms with Crippen LogP contribution in [0.3, 0.4) is 0 Å². The molecule has 0 spiro atoms. The summed E-state index contributed by atoms with van der Waals surface area (Å²) in [6, 6.07) is 4.12. The summed E-state index contributed by atoms with van der Waals surface area (Å²) >= 11 is 6.07. The van der Waals surface area contributed by atoms with E-state index < -0.39 is 0 Å². The molecule has 1 atom stereocenters. The Bertz CT molecular complexity index is 566. The van der Waals surface area contributed by atoms with Crippen molar-refractivity contribution in [2.45, 2.75) is 38.1 Å². The van der Waals surface area contributed by atoms with Crippen molar-refractivity contribution in [2.75, 3.05) is 6.54 Å². The van der Waals surface area contributed by atoms with Crippen molar-refractivity contribution in [3.8, 4) is 11.5 Å². The lowest BCUT2D eigenvalue weighted by atomic mass is 10.0. The Morgan fingerprint density at radius 1 is 1.40 bits per heavy atom. The monoisotopic (exact) mass is 292 g/mol. The summed E-state index contributed by atoms with van der Waals surface area (Å²) in [6.07, 6.45) is 7.29. The molecule has 1 fully saturated rings. The molecular formula is C14H17ClN4O. The van der Waals surface area contributed by atoms with Gasteiger partial charge in [0.1, 0.15) is 5.69 Å². The summed E-state index contributed by atoms with van der Waals surface area (Å²) < 4.78 is 5.28. The van der Waals surface area contributed by atoms with Gasteiger partial charge in [0.15, 0.2) is 0 Å². The van der Waals surface area contributed by atoms with E-state index >= 15 is 0 Å². The van der Waals surface area contributed by atoms with Gasteiger partial charge in [-0.05, 0) is 37.9 Å². The molecule has 1 N–H and O–H groups in total. The fraction of sp³-hybridized carbons (Fsp3) is 0.500. The molecule has 1 aliphatic heterocycles. The van der Waals surface area contributed by atoms with Gasteiger partial charge in [-0.25, -0.2) is 0 Å². The number of nitrogens with zero attached hydrogens (tertiary/aromatic N) is 3. The number of nitrogens with one attached hydrogen (secondary N) is 1. The van der Waals surface area contributed by atoms with E-state index in [2.05, 4.69) is 20.4 Å². The minimum absolute atomic E-state index is 0.460. The van der Waals surface area contributed by atoms with Gasteiger partial charge in [0.2, 0.25) is 11.7 Å². The predicted molar refractivity (Wildman–Crippen MR) is 76.5 cm³/mol. The predicted octanol–water partition coefficient (Wildman–Crippen LogP) is 2.86. The molecule has 1 unspecified atom stereocenters. The Labute approximate surface area is 122 Å². The molecule has 0 aromatic carbocycles. The SMILES string of the molecule is Clc1cccnc1-c1noc(CCC2CCCCN2)n1. The Morgan fingerprint density at radius 3 is 3.15 bits per heavy atom. The molecule has 2 aromatic heterocycles. The normalized spacial score (nSPS) is 19.1. The Morgan fingerprint density at radius 2 is 2.35 bits per heavy atom. The standard InChI is InChI=1S/C14H17ClN4O/c15-11-5-3-9-17-13(11)14-18-12(20-19-14)7-6-10-4-1-2-8-16-10/h3,5,9-10,16H,1-2,4,6-8H2. The summed E-state index contributed by atoms with van der Waals surface area (Å²) in [5, 5.41) is 8.01. The molecule has 20 heavy (non-hydrogen) atoms. The maximum atomic E-state index is 6.07. The smallest absolute Gasteiger partial charge is 0.227 e. The van der Waals surface area contributed by atoms with Crippen LogP contribution >= 0.6 is 11.6 Å². The highest BCUT2D eigenvalue weighted by Gasteiger charge is 2.16. The van der Waals surface area contributed by atoms with Gasteiger partial charge in [-0.1, -0.05) is 23.2 Å². The lowest BCUT2D eigenvalue weighted by Crippen LogP contribution is -2.34. The van der Waals surface area contributed by atoms with Crippen LogP contribution in [-0.2, 0) is 6.42 Å². The maximum Gasteiger partial charge on any atom is 0.227 e. The number of piperidine rings is 1. The first-order valence-electron chi connectivity index (χ1n) is 7.00. The van der Waals surface area contributed by atoms with Crippen LogP contribution in [0.5, 0.6) is 0 Å². The molecule has 106 valence electrons. The molecule has 1 aliphatic rings. The Hall–Kier alpha value is -1.46. The highest BCUT2D eigenvalue weighted by atomic mass is 35.5. The van der Waals surface area contributed by atoms with Crippen molar-refractivity contribution in [1.29, 1.82) is 0 Å². The number of hydrogen-bond acceptors (Lipinski definition) is 5. The van der Waals surface area contributed by atoms with Crippen molar-refractivity contribution in [3.05, 3.63) is 29.2 Å². The van der Waals surface area contributed by atoms with E-state index in [9.17, 15) is 0 Å². The van der Waals surface area contributed by atoms with Gasteiger partial charge in [-0.3, -0.25) is 4.98 Å². The molecular weight excluding hydrogens is 276 g/mol. The molecule has 0 radical (unpaired) electrons. The van der Waals surface area contributed by atoms with E-state index in [1.165, 1.54) is 19.3 Å². The van der Waals surface area contributed by atoms with Crippen LogP contribution in [-0.4, -0.2) is 27.7 Å². The van der Waals surface area contributed by atoms with Crippen LogP contribution in [0.4, 0.5) is 0 Å². The van der Waals surface area contributed by atoms with Gasteiger partial charge in [-0.15, -0.1) is 0 Å². The zero-order chi connectivity index (χ0) is 13.8. The molecule has 0 bridgehead atoms. The molecule has 1 saturated heterocycles. The molecule has 2 aromatic rings. The van der Waals surface area contributed by atoms with E-state index in [1.807, 2.05) is 0 Å². The summed E-state index contributed by atoms with van der Waals surface area (Å²) in [6.45, 7) is 1.11. The molecule has 6 heteroatoms. The third kappa shape index (κ3) is 3.16. The summed E-state index contributed by atoms with van der Waals surface area (Å²) in [7, 11) is 0. The van der Waals surface area contributed by atoms with Crippen LogP contribution in [0.25, 0.3) is 11.5 Å². The molecule has 0 aliphatic carbocycles. The summed E-state index contributed by atoms with van der Waals surface area (Å²) in [4.78, 5) is 8.56. The van der Waals surface area contributed by atoms with E-state index in [0.29, 0.717) is 28.5 Å². The fourth-order valence-electron chi connectivity index (χ4n) is 2.47. The number of hydrogen-bond donors (Lipinski definition) is 1. The third-order valence-corrected chi connectivity index (χ3v) is 3.86. The Balaban J connectivity index is 1.63. The Kier molecular flexibility index (Phi) is 4.28. The van der Waals surface area contributed by atoms with Crippen molar-refractivity contribution in [2.24, 2.45) is 0 Å². The van der Waals surface area contributed by atoms with Gasteiger partial charge in [0.05, 0.1) is 5.02 Å². The van der Waals surface area contributed by atoms with Gasteiger partial charge in [0.25, 0.3) is 0 Å². The summed E-state index contributed by atoms with van der Waals surface area (Å²) in [5.74, 6) is 1.11. The average Bonchev–Trinajstić information content (AvgIpc) is 2.95. The van der Waals surface area contributed by atoms with Crippen LogP contribution in [0.15, 0.2) is 22.9 Å². The van der Waals surface area contributed by atoms with E-state index in [0.717, 1.165) is 19.4 Å². The fourth-order valence-corrected chi connectivity index (χ4v) is 2.68. The molecule has 5 nitrogen and oxygen atoms in total. The highest BCUT2D eigenvalue weighted by Crippen LogP contribution is 2.22. The van der Waals surface area contributed by atoms with Gasteiger partial charge in [-0.2, -0.15) is 4.98 Å². The second-order valence-electron chi connectivity index (χ2n) is 5.03. The second kappa shape index (κ2) is 6.33. The van der Waals surface area contributed by atoms with Crippen LogP contribution in [0.2, 0.25) is 5.02 Å². The van der Waals surface area contributed by atoms with E-state index in [4.69, 9.17) is 16.1 Å². The van der Waals surface area contributed by atoms with Crippen molar-refractivity contribution < 1.29 is 4.52 Å². The first kappa shape index (κ1) is 13.5. The number of rotatable bonds is 4. The number of pyridine rings is 1. The van der Waals surface area contributed by atoms with Crippen LogP contribution in [0.1, 0.15) is 31.6 Å². The minimum atomic E-state index is 0.460. The third-order valence-electron chi connectivity index (χ3n) is 3.56. The van der Waals surface area contributed by atoms with Crippen molar-refractivity contribution in [1.82, 2.24) is 20.4 Å². The largest absolute Gasteiger partial charge is 0.339 e. The number of halogens is 1. The summed E-state index contributed by atoms with van der Waals surface area (Å²) in [5.41, 5.74) is 0.569. The van der Waals surface area contributed by atoms with Crippen LogP contribution < -0.4 is 5.32 Å². The number of aryl methyl sites for hydroxylation is 1. The molecule has 3 heterocycles. The topological polar surface area (TPSA) is 63.8 Å². The highest BCUT2D eigenvalue weighted by molar-refractivity contribution is 6.32. The molecule has 3 rings (SSSR count). The van der Waals surface area contributed by atoms with Gasteiger partial charge in [0, 0.05) is 18.7 Å². The average molecular weight is 293 g/mol. The van der Waals surface area contributed by atoms with Gasteiger partial charge < -0.3 is 9.84 Å². The minimum Gasteiger partial charge on any atom is -0.339 e. The van der Waals surface area contributed by atoms with Gasteiger partial charge >= 0.3 is 0 Å². The number of aromatic nitrogens is 3. The zero-order valence-corrected chi connectivity index (χ0v) is 11.9. The second-order valence-corrected chi connectivity index (χ2v) is 5.44. The lowest BCUT2D eigenvalue weighted by Gasteiger charge is -2.22. The van der Waals surface area contributed by atoms with E-state index in [1.54, 1.807) is 18.3 Å². The molecule has 0 saturated carbocycles. The maximum absolute atomic E-state index is 6.07.